The van der Waals surface area contributed by atoms with Gasteiger partial charge in [0.1, 0.15) is 0 Å². The van der Waals surface area contributed by atoms with Crippen LogP contribution in [0.25, 0.3) is 11.5 Å². The number of carbonyl (C=O) groups is 1. The average molecular weight is 308 g/mol. The molecule has 1 unspecified atom stereocenters. The summed E-state index contributed by atoms with van der Waals surface area (Å²) < 4.78 is 5.23. The standard InChI is InChI=1S/C14H14ClN3O3/c15-11-3-1-9(2-4-11)13-16-12(17-21-13)8-18-6-5-10(7-18)14(19)20/h1-4,10H,5-8H2,(H,19,20). The summed E-state index contributed by atoms with van der Waals surface area (Å²) in [6.45, 7) is 1.77. The zero-order chi connectivity index (χ0) is 14.8. The lowest BCUT2D eigenvalue weighted by Crippen LogP contribution is -2.23. The third-order valence-corrected chi connectivity index (χ3v) is 3.80. The molecule has 0 bridgehead atoms. The lowest BCUT2D eigenvalue weighted by Gasteiger charge is -2.11. The molecule has 2 aromatic rings. The van der Waals surface area contributed by atoms with Gasteiger partial charge in [-0.25, -0.2) is 0 Å². The van der Waals surface area contributed by atoms with Crippen molar-refractivity contribution in [1.82, 2.24) is 15.0 Å². The van der Waals surface area contributed by atoms with Crippen LogP contribution in [0.5, 0.6) is 0 Å². The number of aliphatic carboxylic acids is 1. The molecule has 0 radical (unpaired) electrons. The van der Waals surface area contributed by atoms with Gasteiger partial charge in [0.25, 0.3) is 5.89 Å². The van der Waals surface area contributed by atoms with Crippen molar-refractivity contribution in [2.45, 2.75) is 13.0 Å². The first-order valence-corrected chi connectivity index (χ1v) is 7.03. The molecule has 21 heavy (non-hydrogen) atoms. The molecule has 0 amide bonds. The van der Waals surface area contributed by atoms with E-state index in [1.54, 1.807) is 12.1 Å². The predicted octanol–water partition coefficient (Wildman–Crippen LogP) is 2.30. The Kier molecular flexibility index (Phi) is 3.90. The van der Waals surface area contributed by atoms with Gasteiger partial charge in [0, 0.05) is 17.1 Å². The van der Waals surface area contributed by atoms with Gasteiger partial charge in [-0.2, -0.15) is 4.98 Å². The fourth-order valence-corrected chi connectivity index (χ4v) is 2.53. The maximum absolute atomic E-state index is 10.9. The Morgan fingerprint density at radius 2 is 2.19 bits per heavy atom. The quantitative estimate of drug-likeness (QED) is 0.933. The van der Waals surface area contributed by atoms with Crippen LogP contribution in [0.4, 0.5) is 0 Å². The number of likely N-dealkylation sites (tertiary alicyclic amines) is 1. The highest BCUT2D eigenvalue weighted by Gasteiger charge is 2.28. The van der Waals surface area contributed by atoms with Crippen molar-refractivity contribution in [2.75, 3.05) is 13.1 Å². The van der Waals surface area contributed by atoms with Crippen molar-refractivity contribution >= 4 is 17.6 Å². The third kappa shape index (κ3) is 3.22. The molecule has 0 saturated carbocycles. The molecule has 6 nitrogen and oxygen atoms in total. The van der Waals surface area contributed by atoms with E-state index >= 15 is 0 Å². The number of rotatable bonds is 4. The molecular formula is C14H14ClN3O3. The van der Waals surface area contributed by atoms with Crippen molar-refractivity contribution in [3.05, 3.63) is 35.1 Å². The largest absolute Gasteiger partial charge is 0.481 e. The summed E-state index contributed by atoms with van der Waals surface area (Å²) in [5.74, 6) is -0.0401. The lowest BCUT2D eigenvalue weighted by molar-refractivity contribution is -0.141. The van der Waals surface area contributed by atoms with Gasteiger partial charge in [-0.1, -0.05) is 16.8 Å². The van der Waals surface area contributed by atoms with E-state index in [1.807, 2.05) is 17.0 Å². The smallest absolute Gasteiger partial charge is 0.307 e. The van der Waals surface area contributed by atoms with Crippen LogP contribution >= 0.6 is 11.6 Å². The minimum absolute atomic E-state index is 0.298. The topological polar surface area (TPSA) is 79.5 Å². The molecule has 1 saturated heterocycles. The minimum atomic E-state index is -0.743. The van der Waals surface area contributed by atoms with Crippen LogP contribution in [0, 0.1) is 5.92 Å². The molecule has 1 atom stereocenters. The zero-order valence-corrected chi connectivity index (χ0v) is 12.0. The van der Waals surface area contributed by atoms with Gasteiger partial charge < -0.3 is 9.63 Å². The second-order valence-corrected chi connectivity index (χ2v) is 5.52. The first-order chi connectivity index (χ1) is 10.1. The Balaban J connectivity index is 1.66. The van der Waals surface area contributed by atoms with E-state index in [-0.39, 0.29) is 5.92 Å². The van der Waals surface area contributed by atoms with Crippen LogP contribution < -0.4 is 0 Å². The first kappa shape index (κ1) is 14.0. The van der Waals surface area contributed by atoms with Gasteiger partial charge in [-0.15, -0.1) is 0 Å². The minimum Gasteiger partial charge on any atom is -0.481 e. The van der Waals surface area contributed by atoms with Crippen LogP contribution in [0.2, 0.25) is 5.02 Å². The van der Waals surface area contributed by atoms with Crippen molar-refractivity contribution in [3.8, 4) is 11.5 Å². The summed E-state index contributed by atoms with van der Waals surface area (Å²) in [4.78, 5) is 17.3. The summed E-state index contributed by atoms with van der Waals surface area (Å²) in [5, 5.41) is 13.6. The molecule has 1 aliphatic rings. The Morgan fingerprint density at radius 3 is 2.86 bits per heavy atom. The highest BCUT2D eigenvalue weighted by molar-refractivity contribution is 6.30. The Bertz CT molecular complexity index is 641. The van der Waals surface area contributed by atoms with Crippen LogP contribution in [0.3, 0.4) is 0 Å². The van der Waals surface area contributed by atoms with Gasteiger partial charge in [-0.3, -0.25) is 9.69 Å². The monoisotopic (exact) mass is 307 g/mol. The van der Waals surface area contributed by atoms with Crippen LogP contribution in [0.15, 0.2) is 28.8 Å². The molecule has 1 N–H and O–H groups in total. The second kappa shape index (κ2) is 5.83. The molecule has 7 heteroatoms. The van der Waals surface area contributed by atoms with E-state index in [0.717, 1.165) is 12.1 Å². The van der Waals surface area contributed by atoms with Gasteiger partial charge in [0.15, 0.2) is 5.82 Å². The first-order valence-electron chi connectivity index (χ1n) is 6.65. The van der Waals surface area contributed by atoms with E-state index in [1.165, 1.54) is 0 Å². The van der Waals surface area contributed by atoms with Crippen molar-refractivity contribution in [2.24, 2.45) is 5.92 Å². The zero-order valence-electron chi connectivity index (χ0n) is 11.2. The molecule has 110 valence electrons. The Hall–Kier alpha value is -1.92. The Morgan fingerprint density at radius 1 is 1.43 bits per heavy atom. The van der Waals surface area contributed by atoms with Gasteiger partial charge in [0.2, 0.25) is 0 Å². The van der Waals surface area contributed by atoms with Crippen molar-refractivity contribution in [1.29, 1.82) is 0 Å². The van der Waals surface area contributed by atoms with Crippen LogP contribution in [-0.4, -0.2) is 39.2 Å². The fourth-order valence-electron chi connectivity index (χ4n) is 2.41. The van der Waals surface area contributed by atoms with Gasteiger partial charge in [-0.05, 0) is 37.2 Å². The highest BCUT2D eigenvalue weighted by Crippen LogP contribution is 2.21. The summed E-state index contributed by atoms with van der Waals surface area (Å²) in [6, 6.07) is 7.16. The number of aromatic nitrogens is 2. The molecule has 1 fully saturated rings. The van der Waals surface area contributed by atoms with E-state index in [0.29, 0.717) is 36.2 Å². The molecule has 1 aromatic carbocycles. The molecular weight excluding hydrogens is 294 g/mol. The maximum Gasteiger partial charge on any atom is 0.307 e. The molecule has 0 aliphatic carbocycles. The average Bonchev–Trinajstić information content (AvgIpc) is 3.10. The number of carboxylic acid groups (broad SMARTS) is 1. The summed E-state index contributed by atoms with van der Waals surface area (Å²) >= 11 is 5.84. The lowest BCUT2D eigenvalue weighted by atomic mass is 10.1. The fraction of sp³-hybridized carbons (Fsp3) is 0.357. The maximum atomic E-state index is 10.9. The number of nitrogens with zero attached hydrogens (tertiary/aromatic N) is 3. The molecule has 1 aliphatic heterocycles. The molecule has 1 aromatic heterocycles. The van der Waals surface area contributed by atoms with Crippen molar-refractivity contribution < 1.29 is 14.4 Å². The Labute approximate surface area is 126 Å². The van der Waals surface area contributed by atoms with Gasteiger partial charge in [0.05, 0.1) is 12.5 Å². The number of carboxylic acids is 1. The number of halogens is 1. The highest BCUT2D eigenvalue weighted by atomic mass is 35.5. The van der Waals surface area contributed by atoms with Crippen molar-refractivity contribution in [3.63, 3.8) is 0 Å². The SMILES string of the molecule is O=C(O)C1CCN(Cc2noc(-c3ccc(Cl)cc3)n2)C1. The number of hydrogen-bond acceptors (Lipinski definition) is 5. The summed E-state index contributed by atoms with van der Waals surface area (Å²) in [6.07, 6.45) is 0.664. The second-order valence-electron chi connectivity index (χ2n) is 5.08. The predicted molar refractivity (Wildman–Crippen MR) is 75.8 cm³/mol. The van der Waals surface area contributed by atoms with E-state index < -0.39 is 5.97 Å². The summed E-state index contributed by atoms with van der Waals surface area (Å²) in [7, 11) is 0. The van der Waals surface area contributed by atoms with Gasteiger partial charge >= 0.3 is 5.97 Å². The van der Waals surface area contributed by atoms with Crippen LogP contribution in [-0.2, 0) is 11.3 Å². The summed E-state index contributed by atoms with van der Waals surface area (Å²) in [5.41, 5.74) is 0.808. The van der Waals surface area contributed by atoms with Crippen LogP contribution in [0.1, 0.15) is 12.2 Å². The van der Waals surface area contributed by atoms with E-state index in [4.69, 9.17) is 21.2 Å². The normalized spacial score (nSPS) is 19.0. The molecule has 2 heterocycles. The molecule has 3 rings (SSSR count). The van der Waals surface area contributed by atoms with E-state index in [9.17, 15) is 4.79 Å². The third-order valence-electron chi connectivity index (χ3n) is 3.55. The number of benzene rings is 1. The molecule has 0 spiro atoms. The van der Waals surface area contributed by atoms with E-state index in [2.05, 4.69) is 10.1 Å². The number of hydrogen-bond donors (Lipinski definition) is 1.